The minimum atomic E-state index is -1.06. The van der Waals surface area contributed by atoms with Crippen molar-refractivity contribution in [1.82, 2.24) is 29.7 Å². The second kappa shape index (κ2) is 27.8. The highest BCUT2D eigenvalue weighted by Crippen LogP contribution is 2.37. The van der Waals surface area contributed by atoms with Gasteiger partial charge in [0.15, 0.2) is 34.5 Å². The van der Waals surface area contributed by atoms with Gasteiger partial charge in [0.1, 0.15) is 35.9 Å². The van der Waals surface area contributed by atoms with Crippen LogP contribution in [-0.4, -0.2) is 144 Å². The van der Waals surface area contributed by atoms with E-state index in [1.807, 2.05) is 24.3 Å². The Hall–Kier alpha value is -7.33. The molecule has 9 rings (SSSR count). The first kappa shape index (κ1) is 55.4. The summed E-state index contributed by atoms with van der Waals surface area (Å²) < 4.78 is 60.7. The van der Waals surface area contributed by atoms with E-state index in [1.165, 1.54) is 61.2 Å². The first-order chi connectivity index (χ1) is 36.4. The van der Waals surface area contributed by atoms with Crippen LogP contribution in [0.5, 0.6) is 34.5 Å². The van der Waals surface area contributed by atoms with Crippen molar-refractivity contribution < 1.29 is 57.3 Å². The Balaban J connectivity index is 0.000000178. The summed E-state index contributed by atoms with van der Waals surface area (Å²) in [6.07, 6.45) is 6.97. The average molecular weight is 1070 g/mol. The SMILES string of the molecule is COc1cc2ncnc(Nc3ccc(F)c(Cl)c3)c2cc1OCCCN1CCOCC1.COc1cc2ncnc(Nc3ccc(F)c(Cl)c3)c2cc1OCCCN1CCOCC1.O=C(O)/C=C/c1ccc(O)c(O)c1. The Kier molecular flexibility index (Phi) is 20.6. The van der Waals surface area contributed by atoms with E-state index < -0.39 is 17.6 Å². The number of halogens is 4. The van der Waals surface area contributed by atoms with E-state index in [0.29, 0.717) is 75.8 Å². The van der Waals surface area contributed by atoms with Crippen molar-refractivity contribution >= 4 is 80.1 Å². The van der Waals surface area contributed by atoms with Gasteiger partial charge in [-0.15, -0.1) is 0 Å². The molecule has 4 heterocycles. The summed E-state index contributed by atoms with van der Waals surface area (Å²) in [6.45, 7) is 10.0. The summed E-state index contributed by atoms with van der Waals surface area (Å²) in [5.74, 6) is 1.06. The zero-order valence-corrected chi connectivity index (χ0v) is 42.6. The quantitative estimate of drug-likeness (QED) is 0.0307. The fourth-order valence-electron chi connectivity index (χ4n) is 7.69. The number of hydrogen-bond donors (Lipinski definition) is 5. The fraction of sp³-hybridized carbons (Fsp3) is 0.302. The molecule has 0 amide bonds. The number of aromatic nitrogens is 4. The zero-order chi connectivity index (χ0) is 53.1. The van der Waals surface area contributed by atoms with E-state index in [-0.39, 0.29) is 21.5 Å². The highest BCUT2D eigenvalue weighted by atomic mass is 35.5. The first-order valence-electron chi connectivity index (χ1n) is 23.8. The monoisotopic (exact) mass is 1070 g/mol. The minimum absolute atomic E-state index is 0.0364. The number of fused-ring (bicyclic) bond motifs is 2. The van der Waals surface area contributed by atoms with Crippen molar-refractivity contribution in [2.75, 3.05) is 104 Å². The lowest BCUT2D eigenvalue weighted by Crippen LogP contribution is -2.37. The third-order valence-electron chi connectivity index (χ3n) is 11.6. The number of methoxy groups -OCH3 is 2. The molecule has 2 aliphatic heterocycles. The van der Waals surface area contributed by atoms with Gasteiger partial charge >= 0.3 is 5.97 Å². The highest BCUT2D eigenvalue weighted by Gasteiger charge is 2.16. The Bertz CT molecular complexity index is 2890. The van der Waals surface area contributed by atoms with E-state index in [4.69, 9.17) is 66.9 Å². The average Bonchev–Trinajstić information content (AvgIpc) is 3.42. The van der Waals surface area contributed by atoms with Crippen LogP contribution in [0.4, 0.5) is 31.8 Å². The molecule has 2 aromatic heterocycles. The molecule has 2 aliphatic rings. The molecule has 7 aromatic rings. The fourth-order valence-corrected chi connectivity index (χ4v) is 8.06. The second-order valence-corrected chi connectivity index (χ2v) is 17.5. The number of nitrogens with zero attached hydrogens (tertiary/aromatic N) is 6. The number of morpholine rings is 2. The molecule has 0 radical (unpaired) electrons. The lowest BCUT2D eigenvalue weighted by Gasteiger charge is -2.26. The van der Waals surface area contributed by atoms with Gasteiger partial charge in [0.05, 0.1) is 74.9 Å². The number of aromatic hydroxyl groups is 2. The van der Waals surface area contributed by atoms with Crippen molar-refractivity contribution in [3.05, 3.63) is 125 Å². The number of phenols is 2. The molecule has 18 nitrogen and oxygen atoms in total. The smallest absolute Gasteiger partial charge is 0.328 e. The third-order valence-corrected chi connectivity index (χ3v) is 12.2. The lowest BCUT2D eigenvalue weighted by molar-refractivity contribution is -0.131. The molecule has 0 bridgehead atoms. The van der Waals surface area contributed by atoms with Crippen molar-refractivity contribution in [3.8, 4) is 34.5 Å². The van der Waals surface area contributed by atoms with Crippen molar-refractivity contribution in [2.24, 2.45) is 0 Å². The summed E-state index contributed by atoms with van der Waals surface area (Å²) in [5, 5.41) is 34.2. The van der Waals surface area contributed by atoms with Gasteiger partial charge in [-0.25, -0.2) is 33.5 Å². The topological polar surface area (TPSA) is 215 Å². The molecule has 2 fully saturated rings. The van der Waals surface area contributed by atoms with E-state index in [2.05, 4.69) is 40.4 Å². The molecule has 0 saturated carbocycles. The van der Waals surface area contributed by atoms with Gasteiger partial charge in [0.2, 0.25) is 0 Å². The van der Waals surface area contributed by atoms with Crippen LogP contribution in [0, 0.1) is 11.6 Å². The molecule has 75 heavy (non-hydrogen) atoms. The van der Waals surface area contributed by atoms with E-state index in [9.17, 15) is 13.6 Å². The van der Waals surface area contributed by atoms with Gasteiger partial charge in [0.25, 0.3) is 0 Å². The molecule has 0 spiro atoms. The van der Waals surface area contributed by atoms with Crippen LogP contribution in [0.2, 0.25) is 10.0 Å². The molecule has 5 aromatic carbocycles. The number of ether oxygens (including phenoxy) is 6. The van der Waals surface area contributed by atoms with Crippen LogP contribution in [0.25, 0.3) is 27.9 Å². The summed E-state index contributed by atoms with van der Waals surface area (Å²) in [4.78, 5) is 32.2. The van der Waals surface area contributed by atoms with Gasteiger partial charge in [0, 0.05) is 79.6 Å². The summed E-state index contributed by atoms with van der Waals surface area (Å²) in [5.41, 5.74) is 3.15. The first-order valence-corrected chi connectivity index (χ1v) is 24.5. The van der Waals surface area contributed by atoms with Crippen LogP contribution >= 0.6 is 23.2 Å². The maximum absolute atomic E-state index is 13.5. The van der Waals surface area contributed by atoms with Gasteiger partial charge in [-0.1, -0.05) is 29.3 Å². The predicted molar refractivity (Wildman–Crippen MR) is 283 cm³/mol. The number of carboxylic acids is 1. The summed E-state index contributed by atoms with van der Waals surface area (Å²) >= 11 is 11.8. The van der Waals surface area contributed by atoms with Crippen LogP contribution in [-0.2, 0) is 14.3 Å². The number of anilines is 4. The van der Waals surface area contributed by atoms with Crippen LogP contribution in [0.15, 0.2) is 97.6 Å². The highest BCUT2D eigenvalue weighted by molar-refractivity contribution is 6.31. The van der Waals surface area contributed by atoms with E-state index >= 15 is 0 Å². The van der Waals surface area contributed by atoms with Crippen LogP contribution in [0.1, 0.15) is 18.4 Å². The number of carbonyl (C=O) groups is 1. The third kappa shape index (κ3) is 16.3. The Morgan fingerprint density at radius 3 is 1.52 bits per heavy atom. The van der Waals surface area contributed by atoms with Crippen LogP contribution in [0.3, 0.4) is 0 Å². The number of rotatable bonds is 18. The standard InChI is InChI=1S/2C22H24ClFN4O3.C9H8O4/c2*1-29-20-13-19-16(12-21(20)31-8-2-5-28-6-9-30-10-7-28)22(26-14-25-19)27-15-3-4-18(24)17(23)11-15;10-7-3-1-6(5-8(7)11)2-4-9(12)13/h2*3-4,11-14H,2,5-10H2,1H3,(H,25,26,27);1-5,10-11H,(H,12,13)/b;;4-2+. The number of aliphatic carboxylic acids is 1. The molecule has 5 N–H and O–H groups in total. The number of benzene rings is 5. The number of nitrogens with one attached hydrogen (secondary N) is 2. The van der Waals surface area contributed by atoms with E-state index in [0.717, 1.165) is 95.4 Å². The van der Waals surface area contributed by atoms with Gasteiger partial charge in [-0.2, -0.15) is 0 Å². The number of hydrogen-bond acceptors (Lipinski definition) is 17. The second-order valence-electron chi connectivity index (χ2n) is 16.7. The van der Waals surface area contributed by atoms with Gasteiger partial charge < -0.3 is 54.4 Å². The number of carboxylic acid groups (broad SMARTS) is 1. The largest absolute Gasteiger partial charge is 0.504 e. The molecule has 396 valence electrons. The molecule has 0 aliphatic carbocycles. The lowest BCUT2D eigenvalue weighted by atomic mass is 10.2. The summed E-state index contributed by atoms with van der Waals surface area (Å²) in [6, 6.07) is 20.2. The van der Waals surface area contributed by atoms with Crippen molar-refractivity contribution in [2.45, 2.75) is 12.8 Å². The summed E-state index contributed by atoms with van der Waals surface area (Å²) in [7, 11) is 3.20. The molecule has 22 heteroatoms. The number of phenolic OH excluding ortho intramolecular Hbond substituents is 2. The van der Waals surface area contributed by atoms with Crippen molar-refractivity contribution in [3.63, 3.8) is 0 Å². The molecular formula is C53H56Cl2F2N8O10. The maximum Gasteiger partial charge on any atom is 0.328 e. The Labute approximate surface area is 441 Å². The normalized spacial score (nSPS) is 13.8. The maximum atomic E-state index is 13.5. The van der Waals surface area contributed by atoms with Gasteiger partial charge in [-0.05, 0) is 85.1 Å². The zero-order valence-electron chi connectivity index (χ0n) is 41.1. The van der Waals surface area contributed by atoms with Crippen LogP contribution < -0.4 is 29.6 Å². The predicted octanol–water partition coefficient (Wildman–Crippen LogP) is 9.75. The van der Waals surface area contributed by atoms with Crippen molar-refractivity contribution in [1.29, 1.82) is 0 Å². The molecule has 2 saturated heterocycles. The minimum Gasteiger partial charge on any atom is -0.504 e. The molecule has 0 atom stereocenters. The van der Waals surface area contributed by atoms with E-state index in [1.54, 1.807) is 26.4 Å². The Morgan fingerprint density at radius 1 is 0.640 bits per heavy atom. The molecule has 0 unspecified atom stereocenters. The van der Waals surface area contributed by atoms with Gasteiger partial charge in [-0.3, -0.25) is 9.80 Å². The molecular weight excluding hydrogens is 1020 g/mol. The Morgan fingerprint density at radius 2 is 1.11 bits per heavy atom.